The van der Waals surface area contributed by atoms with Crippen molar-refractivity contribution < 1.29 is 22.4 Å². The number of hydrogen-bond donors (Lipinski definition) is 1. The molecule has 0 spiro atoms. The van der Waals surface area contributed by atoms with Crippen LogP contribution in [0.1, 0.15) is 58.8 Å². The summed E-state index contributed by atoms with van der Waals surface area (Å²) in [6.45, 7) is 2.86. The van der Waals surface area contributed by atoms with Crippen LogP contribution in [0.3, 0.4) is 0 Å². The maximum absolute atomic E-state index is 13.5. The van der Waals surface area contributed by atoms with Crippen molar-refractivity contribution in [1.82, 2.24) is 9.62 Å². The highest BCUT2D eigenvalue weighted by atomic mass is 32.2. The van der Waals surface area contributed by atoms with Gasteiger partial charge in [-0.05, 0) is 50.5 Å². The van der Waals surface area contributed by atoms with Crippen molar-refractivity contribution in [3.8, 4) is 0 Å². The number of carbonyl (C=O) groups is 2. The summed E-state index contributed by atoms with van der Waals surface area (Å²) in [5.74, 6) is -1.42. The van der Waals surface area contributed by atoms with E-state index in [9.17, 15) is 22.4 Å². The van der Waals surface area contributed by atoms with Crippen molar-refractivity contribution in [2.45, 2.75) is 70.4 Å². The lowest BCUT2D eigenvalue weighted by Crippen LogP contribution is -2.71. The first-order valence-electron chi connectivity index (χ1n) is 11.0. The molecule has 1 unspecified atom stereocenters. The molecule has 7 nitrogen and oxygen atoms in total. The number of benzene rings is 1. The Balaban J connectivity index is 1.95. The van der Waals surface area contributed by atoms with Crippen LogP contribution in [0.2, 0.25) is 0 Å². The van der Waals surface area contributed by atoms with Gasteiger partial charge in [0.1, 0.15) is 11.4 Å². The molecule has 1 saturated carbocycles. The third-order valence-corrected chi connectivity index (χ3v) is 8.13. The van der Waals surface area contributed by atoms with Gasteiger partial charge in [-0.2, -0.15) is 4.31 Å². The average molecular weight is 454 g/mol. The quantitative estimate of drug-likeness (QED) is 0.671. The smallest absolute Gasteiger partial charge is 0.247 e. The van der Waals surface area contributed by atoms with Crippen LogP contribution in [0.15, 0.2) is 24.3 Å². The number of piperazine rings is 1. The molecule has 1 saturated heterocycles. The van der Waals surface area contributed by atoms with Crippen molar-refractivity contribution >= 4 is 27.5 Å². The molecular weight excluding hydrogens is 421 g/mol. The Morgan fingerprint density at radius 2 is 1.77 bits per heavy atom. The van der Waals surface area contributed by atoms with Crippen molar-refractivity contribution in [1.29, 1.82) is 0 Å². The number of nitrogens with one attached hydrogen (secondary N) is 1. The molecule has 2 fully saturated rings. The minimum absolute atomic E-state index is 0.000352. The number of rotatable bonds is 6. The molecule has 1 aromatic carbocycles. The summed E-state index contributed by atoms with van der Waals surface area (Å²) in [5.41, 5.74) is -1.07. The molecular formula is C22H32FN3O4S. The summed E-state index contributed by atoms with van der Waals surface area (Å²) < 4.78 is 40.1. The monoisotopic (exact) mass is 453 g/mol. The van der Waals surface area contributed by atoms with E-state index >= 15 is 0 Å². The molecule has 0 aromatic heterocycles. The van der Waals surface area contributed by atoms with Crippen LogP contribution in [0.5, 0.6) is 0 Å². The third-order valence-electron chi connectivity index (χ3n) is 6.16. The van der Waals surface area contributed by atoms with Gasteiger partial charge in [-0.15, -0.1) is 0 Å². The van der Waals surface area contributed by atoms with E-state index in [1.807, 2.05) is 0 Å². The minimum atomic E-state index is -3.68. The maximum atomic E-state index is 13.5. The molecule has 1 aromatic rings. The van der Waals surface area contributed by atoms with Crippen LogP contribution in [-0.2, 0) is 19.6 Å². The van der Waals surface area contributed by atoms with Crippen molar-refractivity contribution in [2.24, 2.45) is 0 Å². The van der Waals surface area contributed by atoms with Gasteiger partial charge >= 0.3 is 0 Å². The summed E-state index contributed by atoms with van der Waals surface area (Å²) in [6, 6.07) is 5.35. The summed E-state index contributed by atoms with van der Waals surface area (Å²) in [6.07, 6.45) is 6.46. The molecule has 3 rings (SSSR count). The maximum Gasteiger partial charge on any atom is 0.247 e. The van der Waals surface area contributed by atoms with Gasteiger partial charge in [0.25, 0.3) is 0 Å². The Morgan fingerprint density at radius 1 is 1.16 bits per heavy atom. The highest BCUT2D eigenvalue weighted by molar-refractivity contribution is 7.89. The number of halogens is 1. The Morgan fingerprint density at radius 3 is 2.35 bits per heavy atom. The number of carbonyl (C=O) groups excluding carboxylic acids is 2. The standard InChI is InChI=1S/C22H32FN3O4S/c1-3-14-31(29,30)25-15-20(27)26(19-12-10-17(23)11-13-19)22(2,16-25)21(28)24-18-8-6-4-5-7-9-18/h10-13,18H,3-9,14-16H2,1-2H3,(H,24,28). The van der Waals surface area contributed by atoms with Gasteiger partial charge in [-0.25, -0.2) is 12.8 Å². The van der Waals surface area contributed by atoms with Crippen molar-refractivity contribution in [3.05, 3.63) is 30.1 Å². The topological polar surface area (TPSA) is 86.8 Å². The van der Waals surface area contributed by atoms with E-state index in [2.05, 4.69) is 5.32 Å². The first-order chi connectivity index (χ1) is 14.7. The van der Waals surface area contributed by atoms with E-state index in [1.165, 1.54) is 29.2 Å². The van der Waals surface area contributed by atoms with Crippen LogP contribution >= 0.6 is 0 Å². The van der Waals surface area contributed by atoms with Crippen molar-refractivity contribution in [2.75, 3.05) is 23.7 Å². The van der Waals surface area contributed by atoms with Gasteiger partial charge in [-0.1, -0.05) is 32.6 Å². The Hall–Kier alpha value is -2.00. The summed E-state index contributed by atoms with van der Waals surface area (Å²) in [7, 11) is -3.68. The molecule has 2 aliphatic rings. The minimum Gasteiger partial charge on any atom is -0.351 e. The van der Waals surface area contributed by atoms with Gasteiger partial charge in [0.15, 0.2) is 0 Å². The van der Waals surface area contributed by atoms with E-state index in [0.29, 0.717) is 12.1 Å². The zero-order valence-corrected chi connectivity index (χ0v) is 19.1. The lowest BCUT2D eigenvalue weighted by Gasteiger charge is -2.47. The molecule has 2 amide bonds. The number of amides is 2. The number of nitrogens with zero attached hydrogens (tertiary/aromatic N) is 2. The SMILES string of the molecule is CCCS(=O)(=O)N1CC(=O)N(c2ccc(F)cc2)C(C)(C(=O)NC2CCCCCC2)C1. The van der Waals surface area contributed by atoms with Crippen molar-refractivity contribution in [3.63, 3.8) is 0 Å². The number of hydrogen-bond acceptors (Lipinski definition) is 4. The first kappa shape index (κ1) is 23.7. The third kappa shape index (κ3) is 5.26. The van der Waals surface area contributed by atoms with Gasteiger partial charge in [0, 0.05) is 18.3 Å². The molecule has 0 bridgehead atoms. The first-order valence-corrected chi connectivity index (χ1v) is 12.7. The predicted molar refractivity (Wildman–Crippen MR) is 118 cm³/mol. The average Bonchev–Trinajstić information content (AvgIpc) is 2.97. The second-order valence-electron chi connectivity index (χ2n) is 8.73. The fourth-order valence-corrected chi connectivity index (χ4v) is 6.04. The molecule has 1 atom stereocenters. The zero-order valence-electron chi connectivity index (χ0n) is 18.3. The predicted octanol–water partition coefficient (Wildman–Crippen LogP) is 2.81. The molecule has 172 valence electrons. The summed E-state index contributed by atoms with van der Waals surface area (Å²) in [4.78, 5) is 28.0. The van der Waals surface area contributed by atoms with E-state index in [-0.39, 0.29) is 30.8 Å². The second kappa shape index (κ2) is 9.65. The highest BCUT2D eigenvalue weighted by Gasteiger charge is 2.51. The Labute approximate surface area is 184 Å². The largest absolute Gasteiger partial charge is 0.351 e. The summed E-state index contributed by atoms with van der Waals surface area (Å²) >= 11 is 0. The van der Waals surface area contributed by atoms with Crippen LogP contribution in [0, 0.1) is 5.82 Å². The lowest BCUT2D eigenvalue weighted by atomic mass is 9.93. The molecule has 1 N–H and O–H groups in total. The molecule has 9 heteroatoms. The number of anilines is 1. The Bertz CT molecular complexity index is 898. The van der Waals surface area contributed by atoms with E-state index < -0.39 is 27.3 Å². The number of sulfonamides is 1. The van der Waals surface area contributed by atoms with E-state index in [1.54, 1.807) is 13.8 Å². The molecule has 1 heterocycles. The van der Waals surface area contributed by atoms with E-state index in [4.69, 9.17) is 0 Å². The van der Waals surface area contributed by atoms with Crippen LogP contribution in [0.4, 0.5) is 10.1 Å². The van der Waals surface area contributed by atoms with Crippen LogP contribution in [0.25, 0.3) is 0 Å². The van der Waals surface area contributed by atoms with Crippen LogP contribution < -0.4 is 10.2 Å². The Kier molecular flexibility index (Phi) is 7.36. The fourth-order valence-electron chi connectivity index (χ4n) is 4.51. The second-order valence-corrected chi connectivity index (χ2v) is 10.8. The molecule has 31 heavy (non-hydrogen) atoms. The van der Waals surface area contributed by atoms with Gasteiger partial charge in [0.05, 0.1) is 12.3 Å². The fraction of sp³-hybridized carbons (Fsp3) is 0.636. The molecule has 1 aliphatic heterocycles. The molecule has 1 aliphatic carbocycles. The van der Waals surface area contributed by atoms with Crippen LogP contribution in [-0.4, -0.2) is 55.0 Å². The highest BCUT2D eigenvalue weighted by Crippen LogP contribution is 2.31. The van der Waals surface area contributed by atoms with E-state index in [0.717, 1.165) is 42.8 Å². The van der Waals surface area contributed by atoms with Gasteiger partial charge in [0.2, 0.25) is 21.8 Å². The molecule has 0 radical (unpaired) electrons. The van der Waals surface area contributed by atoms with Gasteiger partial charge in [-0.3, -0.25) is 14.5 Å². The van der Waals surface area contributed by atoms with Gasteiger partial charge < -0.3 is 5.32 Å². The lowest BCUT2D eigenvalue weighted by molar-refractivity contribution is -0.133. The normalized spacial score (nSPS) is 24.1. The summed E-state index contributed by atoms with van der Waals surface area (Å²) in [5, 5.41) is 3.08. The zero-order chi connectivity index (χ0) is 22.6.